The lowest BCUT2D eigenvalue weighted by Gasteiger charge is -2.23. The highest BCUT2D eigenvalue weighted by atomic mass is 35.5. The molecular formula is C17H17Cl2NO4S. The highest BCUT2D eigenvalue weighted by Gasteiger charge is 2.23. The van der Waals surface area contributed by atoms with E-state index < -0.39 is 22.5 Å². The van der Waals surface area contributed by atoms with Crippen molar-refractivity contribution in [1.29, 1.82) is 0 Å². The van der Waals surface area contributed by atoms with Crippen LogP contribution in [0.5, 0.6) is 0 Å². The van der Waals surface area contributed by atoms with Crippen molar-refractivity contribution in [2.45, 2.75) is 13.5 Å². The third-order valence-electron chi connectivity index (χ3n) is 3.50. The van der Waals surface area contributed by atoms with Crippen molar-refractivity contribution in [3.8, 4) is 0 Å². The molecule has 134 valence electrons. The molecule has 2 aromatic carbocycles. The van der Waals surface area contributed by atoms with E-state index in [1.807, 2.05) is 0 Å². The van der Waals surface area contributed by atoms with Crippen molar-refractivity contribution in [2.75, 3.05) is 17.1 Å². The largest absolute Gasteiger partial charge is 0.459 e. The first kappa shape index (κ1) is 19.6. The Morgan fingerprint density at radius 3 is 2.24 bits per heavy atom. The van der Waals surface area contributed by atoms with Crippen molar-refractivity contribution < 1.29 is 17.9 Å². The molecule has 2 rings (SSSR count). The molecule has 0 saturated carbocycles. The molecule has 5 nitrogen and oxygen atoms in total. The van der Waals surface area contributed by atoms with Crippen LogP contribution in [0.2, 0.25) is 10.0 Å². The van der Waals surface area contributed by atoms with E-state index in [1.54, 1.807) is 49.4 Å². The zero-order valence-corrected chi connectivity index (χ0v) is 16.0. The standard InChI is InChI=1S/C17H17Cl2NO4S/c1-12-6-3-4-9-16(12)20(25(2,22)23)10-17(21)24-11-13-14(18)7-5-8-15(13)19/h3-9H,10-11H2,1-2H3. The van der Waals surface area contributed by atoms with Gasteiger partial charge in [-0.3, -0.25) is 9.10 Å². The first-order valence-corrected chi connectivity index (χ1v) is 9.92. The molecular weight excluding hydrogens is 385 g/mol. The van der Waals surface area contributed by atoms with Gasteiger partial charge in [0, 0.05) is 15.6 Å². The van der Waals surface area contributed by atoms with Crippen molar-refractivity contribution in [1.82, 2.24) is 0 Å². The zero-order valence-electron chi connectivity index (χ0n) is 13.7. The van der Waals surface area contributed by atoms with Gasteiger partial charge in [0.2, 0.25) is 10.0 Å². The number of halogens is 2. The molecule has 8 heteroatoms. The van der Waals surface area contributed by atoms with Gasteiger partial charge in [-0.05, 0) is 30.7 Å². The van der Waals surface area contributed by atoms with E-state index in [-0.39, 0.29) is 6.61 Å². The maximum absolute atomic E-state index is 12.2. The predicted molar refractivity (Wildman–Crippen MR) is 99.6 cm³/mol. The van der Waals surface area contributed by atoms with E-state index >= 15 is 0 Å². The molecule has 0 aliphatic heterocycles. The highest BCUT2D eigenvalue weighted by Crippen LogP contribution is 2.25. The Kier molecular flexibility index (Phi) is 6.32. The number of carbonyl (C=O) groups excluding carboxylic acids is 1. The number of ether oxygens (including phenoxy) is 1. The second-order valence-electron chi connectivity index (χ2n) is 5.42. The molecule has 0 N–H and O–H groups in total. The lowest BCUT2D eigenvalue weighted by molar-refractivity contribution is -0.143. The zero-order chi connectivity index (χ0) is 18.6. The molecule has 0 unspecified atom stereocenters. The molecule has 25 heavy (non-hydrogen) atoms. The topological polar surface area (TPSA) is 63.7 Å². The Labute approximate surface area is 157 Å². The normalized spacial score (nSPS) is 11.2. The first-order valence-electron chi connectivity index (χ1n) is 7.32. The van der Waals surface area contributed by atoms with E-state index in [1.165, 1.54) is 0 Å². The fourth-order valence-electron chi connectivity index (χ4n) is 2.21. The molecule has 0 aliphatic rings. The average molecular weight is 402 g/mol. The summed E-state index contributed by atoms with van der Waals surface area (Å²) in [6.07, 6.45) is 1.04. The van der Waals surface area contributed by atoms with Crippen LogP contribution in [0.3, 0.4) is 0 Å². The number of esters is 1. The number of para-hydroxylation sites is 1. The van der Waals surface area contributed by atoms with E-state index in [0.717, 1.165) is 16.1 Å². The summed E-state index contributed by atoms with van der Waals surface area (Å²) in [5, 5.41) is 0.748. The third kappa shape index (κ3) is 5.11. The Hall–Kier alpha value is -1.76. The minimum atomic E-state index is -3.65. The van der Waals surface area contributed by atoms with Crippen molar-refractivity contribution >= 4 is 44.9 Å². The summed E-state index contributed by atoms with van der Waals surface area (Å²) in [5.41, 5.74) is 1.63. The molecule has 0 bridgehead atoms. The Balaban J connectivity index is 2.15. The van der Waals surface area contributed by atoms with Crippen LogP contribution in [0.4, 0.5) is 5.69 Å². The number of anilines is 1. The van der Waals surface area contributed by atoms with E-state index in [9.17, 15) is 13.2 Å². The number of aryl methyl sites for hydroxylation is 1. The van der Waals surface area contributed by atoms with E-state index in [0.29, 0.717) is 21.3 Å². The second kappa shape index (κ2) is 8.08. The van der Waals surface area contributed by atoms with Gasteiger partial charge in [0.05, 0.1) is 11.9 Å². The Morgan fingerprint density at radius 2 is 1.68 bits per heavy atom. The fraction of sp³-hybridized carbons (Fsp3) is 0.235. The van der Waals surface area contributed by atoms with E-state index in [2.05, 4.69) is 0 Å². The first-order chi connectivity index (χ1) is 11.7. The number of sulfonamides is 1. The van der Waals surface area contributed by atoms with Crippen LogP contribution in [-0.2, 0) is 26.2 Å². The van der Waals surface area contributed by atoms with Gasteiger partial charge in [0.15, 0.2) is 0 Å². The predicted octanol–water partition coefficient (Wildman–Crippen LogP) is 3.81. The maximum Gasteiger partial charge on any atom is 0.327 e. The molecule has 0 amide bonds. The molecule has 0 spiro atoms. The van der Waals surface area contributed by atoms with Gasteiger partial charge in [-0.1, -0.05) is 47.5 Å². The number of carbonyl (C=O) groups is 1. The van der Waals surface area contributed by atoms with Crippen LogP contribution in [0, 0.1) is 6.92 Å². The van der Waals surface area contributed by atoms with Crippen LogP contribution in [0.1, 0.15) is 11.1 Å². The van der Waals surface area contributed by atoms with Crippen LogP contribution in [0.25, 0.3) is 0 Å². The summed E-state index contributed by atoms with van der Waals surface area (Å²) in [4.78, 5) is 12.2. The number of nitrogens with zero attached hydrogens (tertiary/aromatic N) is 1. The fourth-order valence-corrected chi connectivity index (χ4v) is 3.62. The van der Waals surface area contributed by atoms with Crippen molar-refractivity contribution in [3.63, 3.8) is 0 Å². The second-order valence-corrected chi connectivity index (χ2v) is 8.14. The third-order valence-corrected chi connectivity index (χ3v) is 5.33. The smallest absolute Gasteiger partial charge is 0.327 e. The van der Waals surface area contributed by atoms with Crippen LogP contribution in [0.15, 0.2) is 42.5 Å². The van der Waals surface area contributed by atoms with Gasteiger partial charge in [0.1, 0.15) is 13.2 Å². The molecule has 0 saturated heterocycles. The lowest BCUT2D eigenvalue weighted by atomic mass is 10.2. The number of hydrogen-bond acceptors (Lipinski definition) is 4. The number of hydrogen-bond donors (Lipinski definition) is 0. The van der Waals surface area contributed by atoms with Gasteiger partial charge >= 0.3 is 5.97 Å². The van der Waals surface area contributed by atoms with Crippen LogP contribution >= 0.6 is 23.2 Å². The molecule has 2 aromatic rings. The number of benzene rings is 2. The minimum absolute atomic E-state index is 0.136. The summed E-state index contributed by atoms with van der Waals surface area (Å²) in [6, 6.07) is 11.8. The highest BCUT2D eigenvalue weighted by molar-refractivity contribution is 7.92. The SMILES string of the molecule is Cc1ccccc1N(CC(=O)OCc1c(Cl)cccc1Cl)S(C)(=O)=O. The minimum Gasteiger partial charge on any atom is -0.459 e. The number of rotatable bonds is 6. The summed E-state index contributed by atoms with van der Waals surface area (Å²) < 4.78 is 30.3. The lowest BCUT2D eigenvalue weighted by Crippen LogP contribution is -2.36. The molecule has 0 fully saturated rings. The molecule has 0 aliphatic carbocycles. The van der Waals surface area contributed by atoms with Gasteiger partial charge < -0.3 is 4.74 Å². The van der Waals surface area contributed by atoms with Crippen molar-refractivity contribution in [2.24, 2.45) is 0 Å². The van der Waals surface area contributed by atoms with Gasteiger partial charge in [-0.25, -0.2) is 8.42 Å². The van der Waals surface area contributed by atoms with Gasteiger partial charge in [-0.2, -0.15) is 0 Å². The van der Waals surface area contributed by atoms with Crippen LogP contribution < -0.4 is 4.31 Å². The molecule has 0 atom stereocenters. The van der Waals surface area contributed by atoms with Gasteiger partial charge in [-0.15, -0.1) is 0 Å². The maximum atomic E-state index is 12.2. The average Bonchev–Trinajstić information content (AvgIpc) is 2.52. The summed E-state index contributed by atoms with van der Waals surface area (Å²) in [6.45, 7) is 1.19. The Bertz CT molecular complexity index is 864. The molecule has 0 radical (unpaired) electrons. The molecule has 0 heterocycles. The quantitative estimate of drug-likeness (QED) is 0.690. The summed E-state index contributed by atoms with van der Waals surface area (Å²) >= 11 is 12.1. The van der Waals surface area contributed by atoms with Gasteiger partial charge in [0.25, 0.3) is 0 Å². The van der Waals surface area contributed by atoms with Crippen LogP contribution in [-0.4, -0.2) is 27.2 Å². The summed E-state index contributed by atoms with van der Waals surface area (Å²) in [7, 11) is -3.65. The van der Waals surface area contributed by atoms with Crippen molar-refractivity contribution in [3.05, 3.63) is 63.6 Å². The van der Waals surface area contributed by atoms with E-state index in [4.69, 9.17) is 27.9 Å². The summed E-state index contributed by atoms with van der Waals surface area (Å²) in [5.74, 6) is -0.704. The monoisotopic (exact) mass is 401 g/mol. The molecule has 0 aromatic heterocycles. The Morgan fingerprint density at radius 1 is 1.08 bits per heavy atom.